The number of furan rings is 1. The van der Waals surface area contributed by atoms with Crippen molar-refractivity contribution < 1.29 is 18.8 Å². The third-order valence-corrected chi connectivity index (χ3v) is 7.18. The van der Waals surface area contributed by atoms with Gasteiger partial charge < -0.3 is 23.7 Å². The number of hydrogen-bond donors (Lipinski definition) is 1. The maximum Gasteiger partial charge on any atom is 0.214 e. The van der Waals surface area contributed by atoms with Crippen molar-refractivity contribution in [3.05, 3.63) is 83.1 Å². The van der Waals surface area contributed by atoms with E-state index in [9.17, 15) is 0 Å². The molecule has 2 aromatic heterocycles. The summed E-state index contributed by atoms with van der Waals surface area (Å²) < 4.78 is 18.9. The second kappa shape index (κ2) is 10.4. The normalized spacial score (nSPS) is 15.2. The van der Waals surface area contributed by atoms with Crippen molar-refractivity contribution in [3.8, 4) is 11.5 Å². The fraction of sp³-hybridized carbons (Fsp3) is 0.370. The number of para-hydroxylation sites is 1. The number of tetrazole rings is 1. The highest BCUT2D eigenvalue weighted by atomic mass is 16.5. The summed E-state index contributed by atoms with van der Waals surface area (Å²) in [4.78, 5) is 3.86. The third kappa shape index (κ3) is 4.54. The minimum absolute atomic E-state index is 0.138. The van der Waals surface area contributed by atoms with Gasteiger partial charge in [0.2, 0.25) is 5.82 Å². The van der Waals surface area contributed by atoms with Gasteiger partial charge in [-0.25, -0.2) is 4.68 Å². The predicted molar refractivity (Wildman–Crippen MR) is 136 cm³/mol. The molecule has 9 nitrogen and oxygen atoms in total. The number of ether oxygens (including phenoxy) is 2. The van der Waals surface area contributed by atoms with E-state index in [0.717, 1.165) is 43.3 Å². The molecule has 1 aliphatic heterocycles. The second-order valence-corrected chi connectivity index (χ2v) is 9.15. The molecule has 9 heteroatoms. The number of benzene rings is 2. The van der Waals surface area contributed by atoms with Crippen LogP contribution in [0.5, 0.6) is 11.5 Å². The number of aromatic nitrogens is 4. The number of methoxy groups -OCH3 is 2. The van der Waals surface area contributed by atoms with Gasteiger partial charge in [-0.2, -0.15) is 0 Å². The highest BCUT2D eigenvalue weighted by Crippen LogP contribution is 2.36. The Morgan fingerprint density at radius 1 is 1.00 bits per heavy atom. The van der Waals surface area contributed by atoms with E-state index in [1.807, 2.05) is 28.9 Å². The van der Waals surface area contributed by atoms with E-state index in [1.165, 1.54) is 21.7 Å². The SMILES string of the molecule is COc1cccc([C@@H](c2nnnn2Cc2ccco2)[NH+]2CCN(c3cccc(C)c3C)CC2)c1OC. The van der Waals surface area contributed by atoms with Crippen molar-refractivity contribution >= 4 is 5.69 Å². The average molecular weight is 490 g/mol. The summed E-state index contributed by atoms with van der Waals surface area (Å²) in [6.07, 6.45) is 1.67. The zero-order valence-corrected chi connectivity index (χ0v) is 21.3. The summed E-state index contributed by atoms with van der Waals surface area (Å²) in [5.41, 5.74) is 4.97. The Labute approximate surface area is 211 Å². The Hall–Kier alpha value is -3.85. The molecule has 4 aromatic rings. The van der Waals surface area contributed by atoms with Gasteiger partial charge in [0.1, 0.15) is 12.3 Å². The highest BCUT2D eigenvalue weighted by molar-refractivity contribution is 5.56. The van der Waals surface area contributed by atoms with Crippen molar-refractivity contribution in [1.82, 2.24) is 20.2 Å². The van der Waals surface area contributed by atoms with Crippen LogP contribution in [-0.4, -0.2) is 60.6 Å². The van der Waals surface area contributed by atoms with Crippen molar-refractivity contribution in [2.45, 2.75) is 26.4 Å². The van der Waals surface area contributed by atoms with Crippen LogP contribution < -0.4 is 19.3 Å². The van der Waals surface area contributed by atoms with Crippen LogP contribution in [-0.2, 0) is 6.54 Å². The number of aryl methyl sites for hydroxylation is 1. The smallest absolute Gasteiger partial charge is 0.214 e. The summed E-state index contributed by atoms with van der Waals surface area (Å²) in [6, 6.07) is 16.2. The molecule has 0 saturated carbocycles. The topological polar surface area (TPSA) is 82.9 Å². The van der Waals surface area contributed by atoms with Crippen molar-refractivity contribution in [1.29, 1.82) is 0 Å². The lowest BCUT2D eigenvalue weighted by molar-refractivity contribution is -0.927. The van der Waals surface area contributed by atoms with Crippen LogP contribution in [0.15, 0.2) is 59.2 Å². The van der Waals surface area contributed by atoms with Crippen LogP contribution in [0.1, 0.15) is 34.3 Å². The molecule has 1 fully saturated rings. The Morgan fingerprint density at radius 2 is 1.81 bits per heavy atom. The molecule has 1 saturated heterocycles. The van der Waals surface area contributed by atoms with Gasteiger partial charge in [-0.3, -0.25) is 0 Å². The minimum atomic E-state index is -0.138. The lowest BCUT2D eigenvalue weighted by atomic mass is 10.0. The van der Waals surface area contributed by atoms with E-state index in [4.69, 9.17) is 13.9 Å². The fourth-order valence-corrected chi connectivity index (χ4v) is 5.16. The molecule has 1 N–H and O–H groups in total. The Morgan fingerprint density at radius 3 is 2.53 bits per heavy atom. The first kappa shape index (κ1) is 23.9. The van der Waals surface area contributed by atoms with E-state index in [2.05, 4.69) is 58.5 Å². The minimum Gasteiger partial charge on any atom is -0.493 e. The van der Waals surface area contributed by atoms with Gasteiger partial charge in [-0.05, 0) is 65.7 Å². The first-order valence-electron chi connectivity index (χ1n) is 12.3. The quantitative estimate of drug-likeness (QED) is 0.407. The summed E-state index contributed by atoms with van der Waals surface area (Å²) in [6.45, 7) is 8.54. The molecule has 0 radical (unpaired) electrons. The van der Waals surface area contributed by atoms with Crippen LogP contribution in [0.3, 0.4) is 0 Å². The molecule has 188 valence electrons. The first-order valence-corrected chi connectivity index (χ1v) is 12.3. The maximum absolute atomic E-state index is 5.86. The average Bonchev–Trinajstić information content (AvgIpc) is 3.59. The summed E-state index contributed by atoms with van der Waals surface area (Å²) in [5, 5.41) is 12.9. The third-order valence-electron chi connectivity index (χ3n) is 7.18. The molecule has 0 aliphatic carbocycles. The highest BCUT2D eigenvalue weighted by Gasteiger charge is 2.37. The molecular formula is C27H33N6O3+. The van der Waals surface area contributed by atoms with E-state index in [0.29, 0.717) is 18.0 Å². The van der Waals surface area contributed by atoms with Gasteiger partial charge in [0.15, 0.2) is 17.5 Å². The number of nitrogens with one attached hydrogen (secondary N) is 1. The maximum atomic E-state index is 5.86. The van der Waals surface area contributed by atoms with Gasteiger partial charge in [-0.1, -0.05) is 18.2 Å². The molecule has 2 aromatic carbocycles. The molecule has 0 bridgehead atoms. The summed E-state index contributed by atoms with van der Waals surface area (Å²) in [5.74, 6) is 2.98. The molecule has 5 rings (SSSR count). The van der Waals surface area contributed by atoms with Gasteiger partial charge >= 0.3 is 0 Å². The van der Waals surface area contributed by atoms with E-state index < -0.39 is 0 Å². The Bertz CT molecular complexity index is 1290. The number of anilines is 1. The molecule has 0 unspecified atom stereocenters. The van der Waals surface area contributed by atoms with E-state index >= 15 is 0 Å². The molecule has 36 heavy (non-hydrogen) atoms. The number of quaternary nitrogens is 1. The van der Waals surface area contributed by atoms with Crippen molar-refractivity contribution in [3.63, 3.8) is 0 Å². The molecule has 3 heterocycles. The van der Waals surface area contributed by atoms with Gasteiger partial charge in [-0.15, -0.1) is 5.10 Å². The largest absolute Gasteiger partial charge is 0.493 e. The monoisotopic (exact) mass is 489 g/mol. The van der Waals surface area contributed by atoms with Crippen molar-refractivity contribution in [2.75, 3.05) is 45.3 Å². The zero-order valence-electron chi connectivity index (χ0n) is 21.3. The van der Waals surface area contributed by atoms with Gasteiger partial charge in [0.25, 0.3) is 0 Å². The van der Waals surface area contributed by atoms with Crippen LogP contribution >= 0.6 is 0 Å². The Kier molecular flexibility index (Phi) is 6.90. The van der Waals surface area contributed by atoms with Crippen molar-refractivity contribution in [2.24, 2.45) is 0 Å². The lowest BCUT2D eigenvalue weighted by Crippen LogP contribution is -3.15. The zero-order chi connectivity index (χ0) is 25.1. The van der Waals surface area contributed by atoms with E-state index in [1.54, 1.807) is 20.5 Å². The van der Waals surface area contributed by atoms with Crippen LogP contribution in [0.4, 0.5) is 5.69 Å². The van der Waals surface area contributed by atoms with Gasteiger partial charge in [0, 0.05) is 5.69 Å². The van der Waals surface area contributed by atoms with Crippen LogP contribution in [0.25, 0.3) is 0 Å². The fourth-order valence-electron chi connectivity index (χ4n) is 5.16. The lowest BCUT2D eigenvalue weighted by Gasteiger charge is -2.38. The summed E-state index contributed by atoms with van der Waals surface area (Å²) in [7, 11) is 3.34. The predicted octanol–water partition coefficient (Wildman–Crippen LogP) is 2.44. The Balaban J connectivity index is 1.50. The molecule has 0 spiro atoms. The molecule has 1 aliphatic rings. The van der Waals surface area contributed by atoms with E-state index in [-0.39, 0.29) is 6.04 Å². The molecule has 1 atom stereocenters. The molecular weight excluding hydrogens is 456 g/mol. The van der Waals surface area contributed by atoms with Gasteiger partial charge in [0.05, 0.1) is 52.2 Å². The molecule has 0 amide bonds. The summed E-state index contributed by atoms with van der Waals surface area (Å²) >= 11 is 0. The number of nitrogens with zero attached hydrogens (tertiary/aromatic N) is 5. The number of piperazine rings is 1. The first-order chi connectivity index (χ1) is 17.6. The standard InChI is InChI=1S/C27H32N6O3/c1-19-8-5-11-23(20(19)2)31-13-15-32(16-14-31)25(22-10-6-12-24(34-3)26(22)35-4)27-28-29-30-33(27)18-21-9-7-17-36-21/h5-12,17,25H,13-16,18H2,1-4H3/p+1/t25-/m0/s1. The number of rotatable bonds is 8. The van der Waals surface area contributed by atoms with Crippen LogP contribution in [0, 0.1) is 13.8 Å². The number of hydrogen-bond acceptors (Lipinski definition) is 7. The second-order valence-electron chi connectivity index (χ2n) is 9.15. The van der Waals surface area contributed by atoms with Crippen LogP contribution in [0.2, 0.25) is 0 Å².